The molecule has 1 atom stereocenters. The average Bonchev–Trinajstić information content (AvgIpc) is 2.82. The molecule has 0 N–H and O–H groups in total. The fourth-order valence-electron chi connectivity index (χ4n) is 4.56. The largest absolute Gasteiger partial charge is 0.493 e. The number of halogens is 1. The van der Waals surface area contributed by atoms with E-state index in [1.807, 2.05) is 12.1 Å². The normalized spacial score (nSPS) is 16.0. The third kappa shape index (κ3) is 5.23. The van der Waals surface area contributed by atoms with Crippen LogP contribution >= 0.6 is 11.6 Å². The van der Waals surface area contributed by atoms with E-state index >= 15 is 0 Å². The highest BCUT2D eigenvalue weighted by atomic mass is 35.5. The molecule has 0 bridgehead atoms. The summed E-state index contributed by atoms with van der Waals surface area (Å²) in [6.07, 6.45) is 4.15. The van der Waals surface area contributed by atoms with Crippen LogP contribution < -0.4 is 9.47 Å². The molecule has 3 aromatic rings. The smallest absolute Gasteiger partial charge is 0.161 e. The van der Waals surface area contributed by atoms with Crippen molar-refractivity contribution in [2.45, 2.75) is 31.7 Å². The number of benzene rings is 3. The summed E-state index contributed by atoms with van der Waals surface area (Å²) < 4.78 is 11.2. The van der Waals surface area contributed by atoms with Crippen molar-refractivity contribution in [2.75, 3.05) is 27.3 Å². The summed E-state index contributed by atoms with van der Waals surface area (Å²) in [5.41, 5.74) is 5.44. The van der Waals surface area contributed by atoms with Crippen molar-refractivity contribution in [3.8, 4) is 11.5 Å². The van der Waals surface area contributed by atoms with Gasteiger partial charge in [0.2, 0.25) is 0 Å². The molecular formula is C27H30ClNO2. The van der Waals surface area contributed by atoms with Crippen LogP contribution in [0.15, 0.2) is 66.7 Å². The van der Waals surface area contributed by atoms with E-state index in [9.17, 15) is 0 Å². The number of fused-ring (bicyclic) bond motifs is 1. The van der Waals surface area contributed by atoms with Crippen LogP contribution in [0.3, 0.4) is 0 Å². The molecule has 0 aliphatic carbocycles. The van der Waals surface area contributed by atoms with Crippen LogP contribution in [0, 0.1) is 0 Å². The van der Waals surface area contributed by atoms with Crippen LogP contribution in [0.5, 0.6) is 11.5 Å². The molecule has 0 saturated heterocycles. The predicted molar refractivity (Wildman–Crippen MR) is 127 cm³/mol. The first-order valence-electron chi connectivity index (χ1n) is 10.9. The number of methoxy groups -OCH3 is 2. The van der Waals surface area contributed by atoms with Crippen LogP contribution in [-0.2, 0) is 19.3 Å². The number of rotatable bonds is 8. The quantitative estimate of drug-likeness (QED) is 0.424. The Bertz CT molecular complexity index is 988. The predicted octanol–water partition coefficient (Wildman–Crippen LogP) is 6.13. The van der Waals surface area contributed by atoms with E-state index < -0.39 is 0 Å². The zero-order valence-electron chi connectivity index (χ0n) is 18.3. The minimum atomic E-state index is 0.350. The Kier molecular flexibility index (Phi) is 7.16. The molecule has 3 nitrogen and oxygen atoms in total. The van der Waals surface area contributed by atoms with Crippen molar-refractivity contribution in [3.63, 3.8) is 0 Å². The molecule has 4 heteroatoms. The number of aryl methyl sites for hydroxylation is 1. The van der Waals surface area contributed by atoms with Gasteiger partial charge in [0.15, 0.2) is 11.5 Å². The van der Waals surface area contributed by atoms with Crippen molar-refractivity contribution in [3.05, 3.63) is 94.0 Å². The van der Waals surface area contributed by atoms with Gasteiger partial charge in [0.05, 0.1) is 14.2 Å². The van der Waals surface area contributed by atoms with Gasteiger partial charge in [0.1, 0.15) is 0 Å². The molecule has 1 unspecified atom stereocenters. The van der Waals surface area contributed by atoms with Crippen LogP contribution in [0.4, 0.5) is 0 Å². The van der Waals surface area contributed by atoms with E-state index in [2.05, 4.69) is 59.5 Å². The van der Waals surface area contributed by atoms with Gasteiger partial charge in [-0.2, -0.15) is 0 Å². The Balaban J connectivity index is 1.59. The van der Waals surface area contributed by atoms with Gasteiger partial charge in [-0.3, -0.25) is 4.90 Å². The summed E-state index contributed by atoms with van der Waals surface area (Å²) in [4.78, 5) is 2.64. The summed E-state index contributed by atoms with van der Waals surface area (Å²) in [6, 6.07) is 23.7. The highest BCUT2D eigenvalue weighted by Gasteiger charge is 2.28. The van der Waals surface area contributed by atoms with E-state index in [4.69, 9.17) is 21.1 Å². The number of ether oxygens (including phenoxy) is 2. The fraction of sp³-hybridized carbons (Fsp3) is 0.333. The lowest BCUT2D eigenvalue weighted by molar-refractivity contribution is 0.177. The lowest BCUT2D eigenvalue weighted by atomic mass is 9.88. The standard InChI is InChI=1S/C27H30ClNO2/c1-30-26-18-22-15-17-29(16-14-20-6-4-3-5-7-20)25(24(22)19-27(26)31-2)13-10-21-8-11-23(28)12-9-21/h3-9,11-12,18-19,25H,10,13-17H2,1-2H3. The van der Waals surface area contributed by atoms with Gasteiger partial charge in [-0.05, 0) is 72.2 Å². The minimum absolute atomic E-state index is 0.350. The molecule has 0 fully saturated rings. The average molecular weight is 436 g/mol. The number of hydrogen-bond acceptors (Lipinski definition) is 3. The summed E-state index contributed by atoms with van der Waals surface area (Å²) in [5.74, 6) is 1.62. The van der Waals surface area contributed by atoms with Crippen LogP contribution in [0.2, 0.25) is 5.02 Å². The highest BCUT2D eigenvalue weighted by molar-refractivity contribution is 6.30. The first-order chi connectivity index (χ1) is 15.2. The molecule has 1 aliphatic rings. The van der Waals surface area contributed by atoms with Gasteiger partial charge in [0.25, 0.3) is 0 Å². The molecule has 1 aliphatic heterocycles. The van der Waals surface area contributed by atoms with Gasteiger partial charge in [0, 0.05) is 24.2 Å². The summed E-state index contributed by atoms with van der Waals surface area (Å²) in [7, 11) is 3.42. The molecule has 0 saturated carbocycles. The van der Waals surface area contributed by atoms with Crippen LogP contribution in [0.1, 0.15) is 34.7 Å². The Morgan fingerprint density at radius 2 is 1.55 bits per heavy atom. The van der Waals surface area contributed by atoms with Gasteiger partial charge in [-0.15, -0.1) is 0 Å². The Labute approximate surface area is 190 Å². The first kappa shape index (κ1) is 21.7. The van der Waals surface area contributed by atoms with Gasteiger partial charge >= 0.3 is 0 Å². The van der Waals surface area contributed by atoms with Crippen LogP contribution in [0.25, 0.3) is 0 Å². The second kappa shape index (κ2) is 10.2. The fourth-order valence-corrected chi connectivity index (χ4v) is 4.68. The van der Waals surface area contributed by atoms with Crippen molar-refractivity contribution < 1.29 is 9.47 Å². The zero-order chi connectivity index (χ0) is 21.6. The Morgan fingerprint density at radius 1 is 0.871 bits per heavy atom. The van der Waals surface area contributed by atoms with E-state index in [1.165, 1.54) is 22.3 Å². The van der Waals surface area contributed by atoms with E-state index in [-0.39, 0.29) is 0 Å². The summed E-state index contributed by atoms with van der Waals surface area (Å²) in [6.45, 7) is 2.10. The molecule has 162 valence electrons. The Hall–Kier alpha value is -2.49. The second-order valence-electron chi connectivity index (χ2n) is 8.11. The lowest BCUT2D eigenvalue weighted by Crippen LogP contribution is -2.37. The molecular weight excluding hydrogens is 406 g/mol. The van der Waals surface area contributed by atoms with Crippen molar-refractivity contribution >= 4 is 11.6 Å². The maximum absolute atomic E-state index is 6.08. The first-order valence-corrected chi connectivity index (χ1v) is 11.3. The topological polar surface area (TPSA) is 21.7 Å². The van der Waals surface area contributed by atoms with Crippen molar-refractivity contribution in [2.24, 2.45) is 0 Å². The molecule has 3 aromatic carbocycles. The molecule has 0 spiro atoms. The van der Waals surface area contributed by atoms with E-state index in [0.29, 0.717) is 6.04 Å². The summed E-state index contributed by atoms with van der Waals surface area (Å²) in [5, 5.41) is 0.785. The molecule has 31 heavy (non-hydrogen) atoms. The summed E-state index contributed by atoms with van der Waals surface area (Å²) >= 11 is 6.08. The lowest BCUT2D eigenvalue weighted by Gasteiger charge is -2.38. The van der Waals surface area contributed by atoms with Crippen molar-refractivity contribution in [1.82, 2.24) is 4.90 Å². The highest BCUT2D eigenvalue weighted by Crippen LogP contribution is 2.40. The molecule has 1 heterocycles. The van der Waals surface area contributed by atoms with Gasteiger partial charge < -0.3 is 9.47 Å². The Morgan fingerprint density at radius 3 is 2.26 bits per heavy atom. The second-order valence-corrected chi connectivity index (χ2v) is 8.54. The van der Waals surface area contributed by atoms with Gasteiger partial charge in [-0.1, -0.05) is 54.1 Å². The SMILES string of the molecule is COc1cc2c(cc1OC)C(CCc1ccc(Cl)cc1)N(CCc1ccccc1)CC2. The maximum atomic E-state index is 6.08. The van der Waals surface area contributed by atoms with E-state index in [1.54, 1.807) is 14.2 Å². The zero-order valence-corrected chi connectivity index (χ0v) is 19.1. The molecule has 0 radical (unpaired) electrons. The maximum Gasteiger partial charge on any atom is 0.161 e. The third-order valence-corrected chi connectivity index (χ3v) is 6.52. The third-order valence-electron chi connectivity index (χ3n) is 6.26. The van der Waals surface area contributed by atoms with Gasteiger partial charge in [-0.25, -0.2) is 0 Å². The number of nitrogens with zero attached hydrogens (tertiary/aromatic N) is 1. The molecule has 0 aromatic heterocycles. The van der Waals surface area contributed by atoms with Crippen molar-refractivity contribution in [1.29, 1.82) is 0 Å². The molecule has 4 rings (SSSR count). The molecule has 0 amide bonds. The van der Waals surface area contributed by atoms with E-state index in [0.717, 1.165) is 55.3 Å². The van der Waals surface area contributed by atoms with Crippen LogP contribution in [-0.4, -0.2) is 32.2 Å². The number of hydrogen-bond donors (Lipinski definition) is 0. The minimum Gasteiger partial charge on any atom is -0.493 e. The monoisotopic (exact) mass is 435 g/mol.